The molecular weight excluding hydrogens is 200 g/mol. The molecule has 2 heterocycles. The quantitative estimate of drug-likeness (QED) is 0.814. The van der Waals surface area contributed by atoms with Crippen molar-refractivity contribution in [3.8, 4) is 0 Å². The van der Waals surface area contributed by atoms with E-state index in [1.54, 1.807) is 0 Å². The maximum atomic E-state index is 5.79. The zero-order valence-electron chi connectivity index (χ0n) is 10.1. The van der Waals surface area contributed by atoms with Crippen molar-refractivity contribution in [2.24, 2.45) is 17.6 Å². The summed E-state index contributed by atoms with van der Waals surface area (Å²) in [7, 11) is 0. The van der Waals surface area contributed by atoms with E-state index in [1.165, 1.54) is 6.42 Å². The Morgan fingerprint density at radius 2 is 2.12 bits per heavy atom. The maximum Gasteiger partial charge on any atom is 0.225 e. The molecule has 1 aliphatic rings. The SMILES string of the molecule is Cc1cnc(N2CCC(C)C(CN)C2)nc1. The van der Waals surface area contributed by atoms with Gasteiger partial charge in [0.25, 0.3) is 0 Å². The predicted octanol–water partition coefficient (Wildman–Crippen LogP) is 1.21. The molecule has 4 heteroatoms. The van der Waals surface area contributed by atoms with E-state index >= 15 is 0 Å². The van der Waals surface area contributed by atoms with Crippen LogP contribution in [0.25, 0.3) is 0 Å². The van der Waals surface area contributed by atoms with Crippen LogP contribution in [-0.4, -0.2) is 29.6 Å². The number of aryl methyl sites for hydroxylation is 1. The summed E-state index contributed by atoms with van der Waals surface area (Å²) in [6.07, 6.45) is 4.93. The van der Waals surface area contributed by atoms with Crippen molar-refractivity contribution in [1.82, 2.24) is 9.97 Å². The van der Waals surface area contributed by atoms with Crippen molar-refractivity contribution in [3.05, 3.63) is 18.0 Å². The number of aromatic nitrogens is 2. The highest BCUT2D eigenvalue weighted by atomic mass is 15.3. The van der Waals surface area contributed by atoms with Gasteiger partial charge in [-0.15, -0.1) is 0 Å². The Hall–Kier alpha value is -1.16. The Labute approximate surface area is 96.9 Å². The average molecular weight is 220 g/mol. The molecule has 1 saturated heterocycles. The van der Waals surface area contributed by atoms with Gasteiger partial charge in [-0.2, -0.15) is 0 Å². The molecule has 2 atom stereocenters. The van der Waals surface area contributed by atoms with Gasteiger partial charge in [0, 0.05) is 25.5 Å². The van der Waals surface area contributed by atoms with Gasteiger partial charge in [0.1, 0.15) is 0 Å². The number of hydrogen-bond donors (Lipinski definition) is 1. The molecule has 16 heavy (non-hydrogen) atoms. The van der Waals surface area contributed by atoms with Crippen LogP contribution in [-0.2, 0) is 0 Å². The zero-order chi connectivity index (χ0) is 11.5. The monoisotopic (exact) mass is 220 g/mol. The van der Waals surface area contributed by atoms with Gasteiger partial charge in [0.05, 0.1) is 0 Å². The highest BCUT2D eigenvalue weighted by Crippen LogP contribution is 2.24. The zero-order valence-corrected chi connectivity index (χ0v) is 10.1. The van der Waals surface area contributed by atoms with Gasteiger partial charge in [0.15, 0.2) is 0 Å². The van der Waals surface area contributed by atoms with Gasteiger partial charge in [-0.05, 0) is 37.3 Å². The third kappa shape index (κ3) is 2.32. The molecule has 0 aromatic carbocycles. The number of hydrogen-bond acceptors (Lipinski definition) is 4. The normalized spacial score (nSPS) is 25.8. The second-order valence-electron chi connectivity index (χ2n) is 4.77. The number of rotatable bonds is 2. The van der Waals surface area contributed by atoms with Gasteiger partial charge >= 0.3 is 0 Å². The topological polar surface area (TPSA) is 55.0 Å². The fourth-order valence-electron chi connectivity index (χ4n) is 2.19. The third-order valence-electron chi connectivity index (χ3n) is 3.47. The first-order valence-electron chi connectivity index (χ1n) is 5.94. The lowest BCUT2D eigenvalue weighted by atomic mass is 9.87. The van der Waals surface area contributed by atoms with E-state index < -0.39 is 0 Å². The number of nitrogens with two attached hydrogens (primary N) is 1. The Kier molecular flexibility index (Phi) is 3.39. The minimum atomic E-state index is 0.568. The first-order chi connectivity index (χ1) is 7.70. The molecule has 0 bridgehead atoms. The number of anilines is 1. The smallest absolute Gasteiger partial charge is 0.225 e. The van der Waals surface area contributed by atoms with E-state index in [0.717, 1.165) is 31.1 Å². The molecule has 2 unspecified atom stereocenters. The first kappa shape index (κ1) is 11.3. The first-order valence-corrected chi connectivity index (χ1v) is 5.94. The van der Waals surface area contributed by atoms with E-state index in [2.05, 4.69) is 21.8 Å². The Balaban J connectivity index is 2.08. The molecular formula is C12H20N4. The number of nitrogens with zero attached hydrogens (tertiary/aromatic N) is 3. The summed E-state index contributed by atoms with van der Waals surface area (Å²) < 4.78 is 0. The maximum absolute atomic E-state index is 5.79. The van der Waals surface area contributed by atoms with Crippen LogP contribution in [0.5, 0.6) is 0 Å². The molecule has 0 amide bonds. The lowest BCUT2D eigenvalue weighted by Crippen LogP contribution is -2.43. The fourth-order valence-corrected chi connectivity index (χ4v) is 2.19. The minimum Gasteiger partial charge on any atom is -0.340 e. The van der Waals surface area contributed by atoms with Crippen molar-refractivity contribution in [2.45, 2.75) is 20.3 Å². The summed E-state index contributed by atoms with van der Waals surface area (Å²) in [5.74, 6) is 2.13. The van der Waals surface area contributed by atoms with Crippen molar-refractivity contribution in [3.63, 3.8) is 0 Å². The summed E-state index contributed by atoms with van der Waals surface area (Å²) in [5.41, 5.74) is 6.89. The molecule has 4 nitrogen and oxygen atoms in total. The summed E-state index contributed by atoms with van der Waals surface area (Å²) in [6, 6.07) is 0. The largest absolute Gasteiger partial charge is 0.340 e. The molecule has 1 fully saturated rings. The van der Waals surface area contributed by atoms with Crippen LogP contribution in [0.1, 0.15) is 18.9 Å². The summed E-state index contributed by atoms with van der Waals surface area (Å²) in [4.78, 5) is 11.0. The van der Waals surface area contributed by atoms with E-state index in [4.69, 9.17) is 5.73 Å². The Morgan fingerprint density at radius 1 is 1.44 bits per heavy atom. The standard InChI is InChI=1S/C12H20N4/c1-9-6-14-12(15-7-9)16-4-3-10(2)11(5-13)8-16/h6-7,10-11H,3-5,8,13H2,1-2H3. The lowest BCUT2D eigenvalue weighted by molar-refractivity contribution is 0.305. The van der Waals surface area contributed by atoms with Gasteiger partial charge in [-0.25, -0.2) is 9.97 Å². The van der Waals surface area contributed by atoms with Crippen LogP contribution in [0.2, 0.25) is 0 Å². The van der Waals surface area contributed by atoms with Crippen LogP contribution >= 0.6 is 0 Å². The molecule has 88 valence electrons. The molecule has 1 aliphatic heterocycles. The molecule has 0 saturated carbocycles. The Morgan fingerprint density at radius 3 is 2.75 bits per heavy atom. The molecule has 0 aliphatic carbocycles. The van der Waals surface area contributed by atoms with Gasteiger partial charge in [-0.1, -0.05) is 6.92 Å². The second-order valence-corrected chi connectivity index (χ2v) is 4.77. The Bertz CT molecular complexity index is 335. The van der Waals surface area contributed by atoms with E-state index in [9.17, 15) is 0 Å². The van der Waals surface area contributed by atoms with Crippen LogP contribution in [0.3, 0.4) is 0 Å². The summed E-state index contributed by atoms with van der Waals surface area (Å²) in [5, 5.41) is 0. The lowest BCUT2D eigenvalue weighted by Gasteiger charge is -2.36. The van der Waals surface area contributed by atoms with Crippen LogP contribution < -0.4 is 10.6 Å². The minimum absolute atomic E-state index is 0.568. The number of piperidine rings is 1. The molecule has 0 spiro atoms. The summed E-state index contributed by atoms with van der Waals surface area (Å²) in [6.45, 7) is 7.07. The van der Waals surface area contributed by atoms with E-state index in [1.807, 2.05) is 19.3 Å². The van der Waals surface area contributed by atoms with Gasteiger partial charge in [0.2, 0.25) is 5.95 Å². The van der Waals surface area contributed by atoms with Crippen LogP contribution in [0.4, 0.5) is 5.95 Å². The van der Waals surface area contributed by atoms with E-state index in [-0.39, 0.29) is 0 Å². The summed E-state index contributed by atoms with van der Waals surface area (Å²) >= 11 is 0. The van der Waals surface area contributed by atoms with Gasteiger partial charge < -0.3 is 10.6 Å². The van der Waals surface area contributed by atoms with Gasteiger partial charge in [-0.3, -0.25) is 0 Å². The van der Waals surface area contributed by atoms with Crippen molar-refractivity contribution in [2.75, 3.05) is 24.5 Å². The third-order valence-corrected chi connectivity index (χ3v) is 3.47. The highest BCUT2D eigenvalue weighted by molar-refractivity contribution is 5.30. The fraction of sp³-hybridized carbons (Fsp3) is 0.667. The highest BCUT2D eigenvalue weighted by Gasteiger charge is 2.26. The molecule has 2 N–H and O–H groups in total. The molecule has 1 aromatic heterocycles. The predicted molar refractivity (Wildman–Crippen MR) is 65.3 cm³/mol. The molecule has 2 rings (SSSR count). The molecule has 1 aromatic rings. The van der Waals surface area contributed by atoms with Crippen LogP contribution in [0.15, 0.2) is 12.4 Å². The van der Waals surface area contributed by atoms with E-state index in [0.29, 0.717) is 11.8 Å². The van der Waals surface area contributed by atoms with Crippen molar-refractivity contribution in [1.29, 1.82) is 0 Å². The second kappa shape index (κ2) is 4.78. The average Bonchev–Trinajstić information content (AvgIpc) is 2.31. The van der Waals surface area contributed by atoms with Crippen molar-refractivity contribution < 1.29 is 0 Å². The van der Waals surface area contributed by atoms with Crippen molar-refractivity contribution >= 4 is 5.95 Å². The molecule has 0 radical (unpaired) electrons. The van der Waals surface area contributed by atoms with Crippen LogP contribution in [0, 0.1) is 18.8 Å².